The molecular weight excluding hydrogens is 492 g/mol. The molecule has 2 bridgehead atoms. The SMILES string of the molecule is Cc1c(Nc2ccc(S(C)(=O)=O)cc2F)ncnc1O[C@H]1C[C@H]2COC[C@@H](C1)N2CCC(F)(F)F. The number of rotatable bonds is 7. The molecule has 2 aromatic rings. The molecule has 1 aromatic heterocycles. The average Bonchev–Trinajstić information content (AvgIpc) is 2.75. The molecule has 35 heavy (non-hydrogen) atoms. The number of halogens is 4. The van der Waals surface area contributed by atoms with E-state index in [4.69, 9.17) is 9.47 Å². The molecule has 2 saturated heterocycles. The fourth-order valence-electron chi connectivity index (χ4n) is 4.45. The van der Waals surface area contributed by atoms with Gasteiger partial charge in [-0.2, -0.15) is 13.2 Å². The van der Waals surface area contributed by atoms with Crippen LogP contribution in [0.25, 0.3) is 0 Å². The molecule has 13 heteroatoms. The molecule has 0 saturated carbocycles. The molecule has 2 aliphatic rings. The summed E-state index contributed by atoms with van der Waals surface area (Å²) in [5.74, 6) is -0.192. The first-order valence-electron chi connectivity index (χ1n) is 11.1. The smallest absolute Gasteiger partial charge is 0.390 e. The van der Waals surface area contributed by atoms with Crippen molar-refractivity contribution in [2.45, 2.75) is 55.4 Å². The third kappa shape index (κ3) is 6.19. The van der Waals surface area contributed by atoms with E-state index in [0.717, 1.165) is 12.3 Å². The Morgan fingerprint density at radius 3 is 2.49 bits per heavy atom. The zero-order valence-electron chi connectivity index (χ0n) is 19.2. The van der Waals surface area contributed by atoms with Crippen LogP contribution >= 0.6 is 0 Å². The van der Waals surface area contributed by atoms with Crippen molar-refractivity contribution in [2.75, 3.05) is 31.3 Å². The van der Waals surface area contributed by atoms with Crippen molar-refractivity contribution in [3.63, 3.8) is 0 Å². The molecule has 0 spiro atoms. The molecule has 0 amide bonds. The normalized spacial score (nSPS) is 23.2. The van der Waals surface area contributed by atoms with Crippen LogP contribution in [0.5, 0.6) is 5.88 Å². The quantitative estimate of drug-likeness (QED) is 0.556. The number of ether oxygens (including phenoxy) is 2. The molecule has 1 aromatic carbocycles. The third-order valence-corrected chi connectivity index (χ3v) is 7.33. The lowest BCUT2D eigenvalue weighted by molar-refractivity contribution is -0.154. The standard InChI is InChI=1S/C22H26F4N4O4S/c1-13-20(29-19-4-3-17(9-18(19)23)35(2,31)32)27-12-28-21(13)34-16-7-14-10-33-11-15(8-16)30(14)6-5-22(24,25)26/h3-4,9,12,14-16H,5-8,10-11H2,1-2H3,(H,27,28,29)/t14-,15+,16-. The van der Waals surface area contributed by atoms with Crippen LogP contribution in [0.2, 0.25) is 0 Å². The van der Waals surface area contributed by atoms with Crippen molar-refractivity contribution in [1.82, 2.24) is 14.9 Å². The average molecular weight is 519 g/mol. The Bertz CT molecular complexity index is 1160. The van der Waals surface area contributed by atoms with Gasteiger partial charge < -0.3 is 14.8 Å². The molecule has 0 aliphatic carbocycles. The highest BCUT2D eigenvalue weighted by atomic mass is 32.2. The Morgan fingerprint density at radius 1 is 1.20 bits per heavy atom. The van der Waals surface area contributed by atoms with Crippen LogP contribution in [0.1, 0.15) is 24.8 Å². The highest BCUT2D eigenvalue weighted by Gasteiger charge is 2.41. The van der Waals surface area contributed by atoms with Gasteiger partial charge in [0.15, 0.2) is 9.84 Å². The van der Waals surface area contributed by atoms with Gasteiger partial charge in [0.1, 0.15) is 24.1 Å². The predicted octanol–water partition coefficient (Wildman–Crippen LogP) is 3.63. The van der Waals surface area contributed by atoms with Crippen LogP contribution in [-0.2, 0) is 14.6 Å². The van der Waals surface area contributed by atoms with Crippen LogP contribution in [0.3, 0.4) is 0 Å². The zero-order chi connectivity index (χ0) is 25.4. The molecule has 0 unspecified atom stereocenters. The highest BCUT2D eigenvalue weighted by Crippen LogP contribution is 2.34. The summed E-state index contributed by atoms with van der Waals surface area (Å²) in [6.45, 7) is 2.31. The van der Waals surface area contributed by atoms with E-state index in [-0.39, 0.29) is 47.0 Å². The van der Waals surface area contributed by atoms with Crippen LogP contribution in [0.4, 0.5) is 29.1 Å². The van der Waals surface area contributed by atoms with Crippen LogP contribution < -0.4 is 10.1 Å². The largest absolute Gasteiger partial charge is 0.474 e. The van der Waals surface area contributed by atoms with E-state index in [9.17, 15) is 26.0 Å². The van der Waals surface area contributed by atoms with E-state index in [1.165, 1.54) is 18.5 Å². The predicted molar refractivity (Wildman–Crippen MR) is 119 cm³/mol. The lowest BCUT2D eigenvalue weighted by atomic mass is 9.91. The molecule has 2 aliphatic heterocycles. The lowest BCUT2D eigenvalue weighted by Gasteiger charge is -2.48. The van der Waals surface area contributed by atoms with Gasteiger partial charge >= 0.3 is 6.18 Å². The summed E-state index contributed by atoms with van der Waals surface area (Å²) in [5, 5.41) is 2.84. The summed E-state index contributed by atoms with van der Waals surface area (Å²) in [4.78, 5) is 10.0. The fourth-order valence-corrected chi connectivity index (χ4v) is 5.08. The number of benzene rings is 1. The minimum atomic E-state index is -4.21. The number of morpholine rings is 1. The lowest BCUT2D eigenvalue weighted by Crippen LogP contribution is -2.59. The van der Waals surface area contributed by atoms with Gasteiger partial charge in [-0.3, -0.25) is 4.90 Å². The van der Waals surface area contributed by atoms with Crippen molar-refractivity contribution in [1.29, 1.82) is 0 Å². The molecule has 192 valence electrons. The first-order chi connectivity index (χ1) is 16.4. The summed E-state index contributed by atoms with van der Waals surface area (Å²) in [6, 6.07) is 3.17. The summed E-state index contributed by atoms with van der Waals surface area (Å²) in [7, 11) is -3.55. The Morgan fingerprint density at radius 2 is 1.89 bits per heavy atom. The maximum absolute atomic E-state index is 14.5. The molecule has 3 atom stereocenters. The summed E-state index contributed by atoms with van der Waals surface area (Å²) >= 11 is 0. The van der Waals surface area contributed by atoms with Gasteiger partial charge in [0.25, 0.3) is 0 Å². The molecule has 8 nitrogen and oxygen atoms in total. The highest BCUT2D eigenvalue weighted by molar-refractivity contribution is 7.90. The molecule has 2 fully saturated rings. The van der Waals surface area contributed by atoms with Gasteiger partial charge in [0.05, 0.1) is 35.8 Å². The topological polar surface area (TPSA) is 93.7 Å². The first kappa shape index (κ1) is 25.6. The minimum Gasteiger partial charge on any atom is -0.474 e. The van der Waals surface area contributed by atoms with E-state index < -0.39 is 28.3 Å². The van der Waals surface area contributed by atoms with Gasteiger partial charge in [-0.15, -0.1) is 0 Å². The van der Waals surface area contributed by atoms with E-state index in [1.807, 2.05) is 4.90 Å². The Labute approximate surface area is 200 Å². The van der Waals surface area contributed by atoms with Gasteiger partial charge in [-0.25, -0.2) is 22.8 Å². The second-order valence-corrected chi connectivity index (χ2v) is 10.9. The van der Waals surface area contributed by atoms with Crippen LogP contribution in [0.15, 0.2) is 29.4 Å². The molecule has 0 radical (unpaired) electrons. The van der Waals surface area contributed by atoms with Crippen LogP contribution in [0, 0.1) is 12.7 Å². The monoisotopic (exact) mass is 518 g/mol. The third-order valence-electron chi connectivity index (χ3n) is 6.22. The number of nitrogens with zero attached hydrogens (tertiary/aromatic N) is 3. The van der Waals surface area contributed by atoms with E-state index in [1.54, 1.807) is 6.92 Å². The number of hydrogen-bond donors (Lipinski definition) is 1. The van der Waals surface area contributed by atoms with Gasteiger partial charge in [0.2, 0.25) is 5.88 Å². The Balaban J connectivity index is 1.45. The number of hydrogen-bond acceptors (Lipinski definition) is 8. The first-order valence-corrected chi connectivity index (χ1v) is 12.9. The van der Waals surface area contributed by atoms with Gasteiger partial charge in [-0.05, 0) is 25.1 Å². The summed E-state index contributed by atoms with van der Waals surface area (Å²) in [6.07, 6.45) is -2.13. The van der Waals surface area contributed by atoms with Crippen molar-refractivity contribution < 1.29 is 35.5 Å². The fraction of sp³-hybridized carbons (Fsp3) is 0.545. The number of aromatic nitrogens is 2. The van der Waals surface area contributed by atoms with Crippen molar-refractivity contribution in [3.05, 3.63) is 35.9 Å². The number of nitrogens with one attached hydrogen (secondary N) is 1. The zero-order valence-corrected chi connectivity index (χ0v) is 20.0. The summed E-state index contributed by atoms with van der Waals surface area (Å²) in [5.41, 5.74) is 0.551. The Kier molecular flexibility index (Phi) is 7.21. The number of piperidine rings is 1. The van der Waals surface area contributed by atoms with Crippen molar-refractivity contribution in [2.24, 2.45) is 0 Å². The minimum absolute atomic E-state index is 0.0369. The number of anilines is 2. The van der Waals surface area contributed by atoms with Crippen molar-refractivity contribution >= 4 is 21.3 Å². The second kappa shape index (κ2) is 9.86. The number of fused-ring (bicyclic) bond motifs is 2. The second-order valence-electron chi connectivity index (χ2n) is 8.85. The van der Waals surface area contributed by atoms with Gasteiger partial charge in [-0.1, -0.05) is 0 Å². The maximum Gasteiger partial charge on any atom is 0.390 e. The molecular formula is C22H26F4N4O4S. The Hall–Kier alpha value is -2.51. The van der Waals surface area contributed by atoms with Gasteiger partial charge in [0, 0.05) is 37.7 Å². The van der Waals surface area contributed by atoms with E-state index in [0.29, 0.717) is 31.6 Å². The number of sulfone groups is 1. The maximum atomic E-state index is 14.5. The molecule has 1 N–H and O–H groups in total. The van der Waals surface area contributed by atoms with Crippen LogP contribution in [-0.4, -0.2) is 73.7 Å². The number of alkyl halides is 3. The van der Waals surface area contributed by atoms with Crippen molar-refractivity contribution in [3.8, 4) is 5.88 Å². The van der Waals surface area contributed by atoms with E-state index >= 15 is 0 Å². The van der Waals surface area contributed by atoms with E-state index in [2.05, 4.69) is 15.3 Å². The summed E-state index contributed by atoms with van der Waals surface area (Å²) < 4.78 is 87.6. The molecule has 4 rings (SSSR count). The molecule has 3 heterocycles.